The van der Waals surface area contributed by atoms with Gasteiger partial charge in [-0.15, -0.1) is 0 Å². The fourth-order valence-corrected chi connectivity index (χ4v) is 3.27. The number of rotatable bonds is 3. The molecule has 1 fully saturated rings. The number of halogens is 1. The van der Waals surface area contributed by atoms with E-state index in [1.807, 2.05) is 50.2 Å². The molecule has 0 aromatic heterocycles. The summed E-state index contributed by atoms with van der Waals surface area (Å²) in [6.07, 6.45) is 0. The minimum Gasteiger partial charge on any atom is -0.368 e. The van der Waals surface area contributed by atoms with Gasteiger partial charge in [0.15, 0.2) is 0 Å². The molecule has 1 N–H and O–H groups in total. The number of carbonyl (C=O) groups excluding carboxylic acids is 1. The molecule has 1 saturated heterocycles. The van der Waals surface area contributed by atoms with E-state index >= 15 is 0 Å². The molecule has 0 saturated carbocycles. The quantitative estimate of drug-likeness (QED) is 0.903. The Balaban J connectivity index is 1.72. The highest BCUT2D eigenvalue weighted by molar-refractivity contribution is 6.33. The SMILES string of the molecule is Cc1ccc(C(=O)Nc2ccc(N3CCN(C)CC3)c(Cl)c2)cc1C. The van der Waals surface area contributed by atoms with E-state index in [0.29, 0.717) is 16.3 Å². The first kappa shape index (κ1) is 17.8. The number of nitrogens with one attached hydrogen (secondary N) is 1. The zero-order valence-electron chi connectivity index (χ0n) is 15.0. The number of benzene rings is 2. The normalized spacial score (nSPS) is 15.3. The number of aryl methyl sites for hydroxylation is 2. The summed E-state index contributed by atoms with van der Waals surface area (Å²) in [5.74, 6) is -0.119. The average molecular weight is 358 g/mol. The minimum atomic E-state index is -0.119. The highest BCUT2D eigenvalue weighted by atomic mass is 35.5. The van der Waals surface area contributed by atoms with Gasteiger partial charge in [0.05, 0.1) is 10.7 Å². The zero-order valence-corrected chi connectivity index (χ0v) is 15.7. The van der Waals surface area contributed by atoms with Crippen molar-refractivity contribution in [2.75, 3.05) is 43.4 Å². The van der Waals surface area contributed by atoms with Gasteiger partial charge in [0.25, 0.3) is 5.91 Å². The van der Waals surface area contributed by atoms with Gasteiger partial charge in [0.2, 0.25) is 0 Å². The first-order chi connectivity index (χ1) is 11.9. The smallest absolute Gasteiger partial charge is 0.255 e. The molecule has 4 nitrogen and oxygen atoms in total. The molecule has 1 amide bonds. The molecule has 5 heteroatoms. The van der Waals surface area contributed by atoms with Crippen LogP contribution in [-0.2, 0) is 0 Å². The van der Waals surface area contributed by atoms with Crippen molar-refractivity contribution in [2.45, 2.75) is 13.8 Å². The molecule has 1 aliphatic rings. The summed E-state index contributed by atoms with van der Waals surface area (Å²) >= 11 is 6.47. The average Bonchev–Trinajstić information content (AvgIpc) is 2.58. The van der Waals surface area contributed by atoms with Crippen molar-refractivity contribution in [3.8, 4) is 0 Å². The fraction of sp³-hybridized carbons (Fsp3) is 0.350. The predicted molar refractivity (Wildman–Crippen MR) is 105 cm³/mol. The lowest BCUT2D eigenvalue weighted by molar-refractivity contribution is 0.102. The standard InChI is InChI=1S/C20H24ClN3O/c1-14-4-5-16(12-15(14)2)20(25)22-17-6-7-19(18(21)13-17)24-10-8-23(3)9-11-24/h4-7,12-13H,8-11H2,1-3H3,(H,22,25). The molecule has 132 valence electrons. The van der Waals surface area contributed by atoms with Crippen LogP contribution in [0.2, 0.25) is 5.02 Å². The van der Waals surface area contributed by atoms with Crippen LogP contribution in [0.1, 0.15) is 21.5 Å². The summed E-state index contributed by atoms with van der Waals surface area (Å²) in [4.78, 5) is 17.0. The monoisotopic (exact) mass is 357 g/mol. The molecular weight excluding hydrogens is 334 g/mol. The van der Waals surface area contributed by atoms with E-state index < -0.39 is 0 Å². The number of nitrogens with zero attached hydrogens (tertiary/aromatic N) is 2. The molecule has 0 spiro atoms. The first-order valence-corrected chi connectivity index (χ1v) is 8.93. The fourth-order valence-electron chi connectivity index (χ4n) is 2.97. The van der Waals surface area contributed by atoms with E-state index in [9.17, 15) is 4.79 Å². The Hall–Kier alpha value is -2.04. The summed E-state index contributed by atoms with van der Waals surface area (Å²) in [6, 6.07) is 11.5. The van der Waals surface area contributed by atoms with Gasteiger partial charge in [-0.3, -0.25) is 4.79 Å². The van der Waals surface area contributed by atoms with Gasteiger partial charge in [-0.2, -0.15) is 0 Å². The van der Waals surface area contributed by atoms with Gasteiger partial charge < -0.3 is 15.1 Å². The van der Waals surface area contributed by atoms with Gasteiger partial charge in [-0.25, -0.2) is 0 Å². The van der Waals surface area contributed by atoms with Crippen molar-refractivity contribution < 1.29 is 4.79 Å². The highest BCUT2D eigenvalue weighted by Crippen LogP contribution is 2.29. The molecule has 0 bridgehead atoms. The van der Waals surface area contributed by atoms with Gasteiger partial charge in [0.1, 0.15) is 0 Å². The third-order valence-corrected chi connectivity index (χ3v) is 5.12. The molecule has 0 radical (unpaired) electrons. The van der Waals surface area contributed by atoms with Crippen LogP contribution in [0.15, 0.2) is 36.4 Å². The Morgan fingerprint density at radius 3 is 2.36 bits per heavy atom. The second-order valence-corrected chi connectivity index (χ2v) is 7.12. The van der Waals surface area contributed by atoms with Crippen LogP contribution in [0.4, 0.5) is 11.4 Å². The molecule has 1 heterocycles. The lowest BCUT2D eigenvalue weighted by Crippen LogP contribution is -2.44. The Kier molecular flexibility index (Phi) is 5.30. The van der Waals surface area contributed by atoms with Crippen LogP contribution in [0, 0.1) is 13.8 Å². The van der Waals surface area contributed by atoms with E-state index in [-0.39, 0.29) is 5.91 Å². The van der Waals surface area contributed by atoms with Crippen molar-refractivity contribution >= 4 is 28.9 Å². The van der Waals surface area contributed by atoms with Crippen LogP contribution >= 0.6 is 11.6 Å². The maximum atomic E-state index is 12.4. The second-order valence-electron chi connectivity index (χ2n) is 6.71. The molecule has 3 rings (SSSR count). The number of anilines is 2. The summed E-state index contributed by atoms with van der Waals surface area (Å²) in [7, 11) is 2.13. The molecule has 2 aromatic carbocycles. The van der Waals surface area contributed by atoms with Gasteiger partial charge in [-0.1, -0.05) is 17.7 Å². The van der Waals surface area contributed by atoms with Crippen LogP contribution in [0.25, 0.3) is 0 Å². The number of piperazine rings is 1. The molecule has 2 aromatic rings. The largest absolute Gasteiger partial charge is 0.368 e. The molecular formula is C20H24ClN3O. The summed E-state index contributed by atoms with van der Waals surface area (Å²) in [5, 5.41) is 3.60. The number of hydrogen-bond donors (Lipinski definition) is 1. The topological polar surface area (TPSA) is 35.6 Å². The van der Waals surface area contributed by atoms with E-state index in [4.69, 9.17) is 11.6 Å². The van der Waals surface area contributed by atoms with Crippen molar-refractivity contribution in [1.29, 1.82) is 0 Å². The maximum Gasteiger partial charge on any atom is 0.255 e. The molecule has 25 heavy (non-hydrogen) atoms. The van der Waals surface area contributed by atoms with E-state index in [1.165, 1.54) is 5.56 Å². The Morgan fingerprint density at radius 2 is 1.72 bits per heavy atom. The van der Waals surface area contributed by atoms with Crippen LogP contribution < -0.4 is 10.2 Å². The van der Waals surface area contributed by atoms with Crippen molar-refractivity contribution in [3.63, 3.8) is 0 Å². The molecule has 1 aliphatic heterocycles. The molecule has 0 unspecified atom stereocenters. The van der Waals surface area contributed by atoms with Gasteiger partial charge in [-0.05, 0) is 62.4 Å². The Labute approximate surface area is 154 Å². The van der Waals surface area contributed by atoms with Crippen LogP contribution in [0.5, 0.6) is 0 Å². The van der Waals surface area contributed by atoms with E-state index in [0.717, 1.165) is 37.4 Å². The summed E-state index contributed by atoms with van der Waals surface area (Å²) in [6.45, 7) is 8.03. The predicted octanol–water partition coefficient (Wildman–Crippen LogP) is 3.96. The minimum absolute atomic E-state index is 0.119. The van der Waals surface area contributed by atoms with Crippen molar-refractivity contribution in [3.05, 3.63) is 58.1 Å². The van der Waals surface area contributed by atoms with Crippen molar-refractivity contribution in [2.24, 2.45) is 0 Å². The Morgan fingerprint density at radius 1 is 1.00 bits per heavy atom. The summed E-state index contributed by atoms with van der Waals surface area (Å²) < 4.78 is 0. The van der Waals surface area contributed by atoms with Gasteiger partial charge in [0, 0.05) is 37.4 Å². The van der Waals surface area contributed by atoms with Crippen molar-refractivity contribution in [1.82, 2.24) is 4.90 Å². The second kappa shape index (κ2) is 7.46. The third kappa shape index (κ3) is 4.14. The Bertz CT molecular complexity index is 783. The molecule has 0 atom stereocenters. The molecule has 0 aliphatic carbocycles. The first-order valence-electron chi connectivity index (χ1n) is 8.55. The van der Waals surface area contributed by atoms with Crippen LogP contribution in [0.3, 0.4) is 0 Å². The number of likely N-dealkylation sites (N-methyl/N-ethyl adjacent to an activating group) is 1. The number of hydrogen-bond acceptors (Lipinski definition) is 3. The number of amides is 1. The highest BCUT2D eigenvalue weighted by Gasteiger charge is 2.17. The third-order valence-electron chi connectivity index (χ3n) is 4.82. The van der Waals surface area contributed by atoms with Crippen LogP contribution in [-0.4, -0.2) is 44.0 Å². The van der Waals surface area contributed by atoms with E-state index in [1.54, 1.807) is 0 Å². The maximum absolute atomic E-state index is 12.4. The lowest BCUT2D eigenvalue weighted by Gasteiger charge is -2.34. The summed E-state index contributed by atoms with van der Waals surface area (Å²) in [5.41, 5.74) is 4.68. The lowest BCUT2D eigenvalue weighted by atomic mass is 10.1. The number of carbonyl (C=O) groups is 1. The zero-order chi connectivity index (χ0) is 18.0. The van der Waals surface area contributed by atoms with Gasteiger partial charge >= 0.3 is 0 Å². The van der Waals surface area contributed by atoms with E-state index in [2.05, 4.69) is 22.2 Å².